The molecule has 0 aliphatic carbocycles. The zero-order chi connectivity index (χ0) is 13.8. The molecule has 104 valence electrons. The molecule has 0 saturated heterocycles. The number of fused-ring (bicyclic) bond motifs is 1. The van der Waals surface area contributed by atoms with E-state index in [1.807, 2.05) is 39.0 Å². The second-order valence-electron chi connectivity index (χ2n) is 4.95. The van der Waals surface area contributed by atoms with Gasteiger partial charge in [0.2, 0.25) is 0 Å². The first-order valence-corrected chi connectivity index (χ1v) is 6.46. The van der Waals surface area contributed by atoms with Gasteiger partial charge in [-0.05, 0) is 25.1 Å². The lowest BCUT2D eigenvalue weighted by Gasteiger charge is -2.14. The molecule has 5 heteroatoms. The second-order valence-corrected chi connectivity index (χ2v) is 4.95. The maximum atomic E-state index is 9.77. The maximum Gasteiger partial charge on any atom is 0.167 e. The second kappa shape index (κ2) is 6.04. The number of aliphatic hydroxyl groups is 1. The van der Waals surface area contributed by atoms with Gasteiger partial charge in [-0.1, -0.05) is 19.0 Å². The summed E-state index contributed by atoms with van der Waals surface area (Å²) in [5.74, 6) is 0.711. The van der Waals surface area contributed by atoms with E-state index in [1.54, 1.807) is 0 Å². The van der Waals surface area contributed by atoms with Crippen molar-refractivity contribution in [1.82, 2.24) is 10.5 Å². The fourth-order valence-corrected chi connectivity index (χ4v) is 1.75. The van der Waals surface area contributed by atoms with E-state index in [4.69, 9.17) is 9.26 Å². The van der Waals surface area contributed by atoms with E-state index >= 15 is 0 Å². The Kier molecular flexibility index (Phi) is 4.39. The zero-order valence-electron chi connectivity index (χ0n) is 11.5. The number of benzene rings is 1. The molecule has 0 spiro atoms. The van der Waals surface area contributed by atoms with Crippen LogP contribution in [0.25, 0.3) is 11.0 Å². The normalized spacial score (nSPS) is 13.1. The lowest BCUT2D eigenvalue weighted by molar-refractivity contribution is 0.105. The predicted molar refractivity (Wildman–Crippen MR) is 73.4 cm³/mol. The van der Waals surface area contributed by atoms with Crippen molar-refractivity contribution >= 4 is 11.0 Å². The van der Waals surface area contributed by atoms with E-state index in [9.17, 15) is 5.11 Å². The van der Waals surface area contributed by atoms with Crippen LogP contribution in [0.5, 0.6) is 5.75 Å². The quantitative estimate of drug-likeness (QED) is 0.833. The third kappa shape index (κ3) is 3.68. The van der Waals surface area contributed by atoms with E-state index in [-0.39, 0.29) is 6.61 Å². The van der Waals surface area contributed by atoms with Crippen molar-refractivity contribution in [3.63, 3.8) is 0 Å². The van der Waals surface area contributed by atoms with Crippen molar-refractivity contribution in [3.05, 3.63) is 23.9 Å². The highest BCUT2D eigenvalue weighted by Crippen LogP contribution is 2.23. The van der Waals surface area contributed by atoms with Crippen molar-refractivity contribution in [1.29, 1.82) is 0 Å². The number of ether oxygens (including phenoxy) is 1. The Labute approximate surface area is 112 Å². The summed E-state index contributed by atoms with van der Waals surface area (Å²) in [6, 6.07) is 5.87. The van der Waals surface area contributed by atoms with Gasteiger partial charge in [0, 0.05) is 18.0 Å². The molecule has 19 heavy (non-hydrogen) atoms. The van der Waals surface area contributed by atoms with Crippen LogP contribution in [0, 0.1) is 6.92 Å². The van der Waals surface area contributed by atoms with Crippen molar-refractivity contribution in [2.45, 2.75) is 32.9 Å². The van der Waals surface area contributed by atoms with E-state index in [1.165, 1.54) is 0 Å². The van der Waals surface area contributed by atoms with Gasteiger partial charge >= 0.3 is 0 Å². The van der Waals surface area contributed by atoms with Gasteiger partial charge in [0.05, 0.1) is 5.69 Å². The van der Waals surface area contributed by atoms with Gasteiger partial charge in [0.15, 0.2) is 5.58 Å². The molecule has 0 radical (unpaired) electrons. The van der Waals surface area contributed by atoms with E-state index in [2.05, 4.69) is 10.5 Å². The molecule has 0 saturated carbocycles. The number of hydrogen-bond acceptors (Lipinski definition) is 5. The summed E-state index contributed by atoms with van der Waals surface area (Å²) in [5, 5.41) is 17.8. The summed E-state index contributed by atoms with van der Waals surface area (Å²) in [5.41, 5.74) is 1.58. The number of aryl methyl sites for hydroxylation is 1. The molecule has 2 aromatic rings. The maximum absolute atomic E-state index is 9.77. The van der Waals surface area contributed by atoms with E-state index in [0.29, 0.717) is 18.3 Å². The van der Waals surface area contributed by atoms with Crippen molar-refractivity contribution in [2.75, 3.05) is 13.2 Å². The number of aliphatic hydroxyl groups excluding tert-OH is 1. The molecule has 5 nitrogen and oxygen atoms in total. The number of rotatable bonds is 6. The molecular weight excluding hydrogens is 244 g/mol. The van der Waals surface area contributed by atoms with Crippen LogP contribution >= 0.6 is 0 Å². The molecular formula is C14H20N2O3. The molecule has 1 atom stereocenters. The fraction of sp³-hybridized carbons (Fsp3) is 0.500. The van der Waals surface area contributed by atoms with Crippen LogP contribution < -0.4 is 10.1 Å². The molecule has 0 amide bonds. The van der Waals surface area contributed by atoms with Crippen LogP contribution in [0.2, 0.25) is 0 Å². The van der Waals surface area contributed by atoms with Crippen LogP contribution in [-0.2, 0) is 0 Å². The monoisotopic (exact) mass is 264 g/mol. The minimum atomic E-state index is -0.526. The van der Waals surface area contributed by atoms with Gasteiger partial charge in [-0.25, -0.2) is 0 Å². The molecule has 2 N–H and O–H groups in total. The minimum absolute atomic E-state index is 0.259. The smallest absolute Gasteiger partial charge is 0.167 e. The van der Waals surface area contributed by atoms with Crippen molar-refractivity contribution in [3.8, 4) is 5.75 Å². The molecule has 0 aliphatic heterocycles. The van der Waals surface area contributed by atoms with Crippen LogP contribution in [0.4, 0.5) is 0 Å². The molecule has 1 aromatic carbocycles. The van der Waals surface area contributed by atoms with Crippen molar-refractivity contribution in [2.24, 2.45) is 0 Å². The largest absolute Gasteiger partial charge is 0.491 e. The lowest BCUT2D eigenvalue weighted by Crippen LogP contribution is -2.35. The van der Waals surface area contributed by atoms with Gasteiger partial charge in [-0.2, -0.15) is 0 Å². The summed E-state index contributed by atoms with van der Waals surface area (Å²) >= 11 is 0. The Hall–Kier alpha value is -1.59. The summed E-state index contributed by atoms with van der Waals surface area (Å²) in [6.45, 7) is 6.74. The lowest BCUT2D eigenvalue weighted by atomic mass is 10.2. The highest BCUT2D eigenvalue weighted by atomic mass is 16.5. The number of nitrogens with zero attached hydrogens (tertiary/aromatic N) is 1. The highest BCUT2D eigenvalue weighted by molar-refractivity contribution is 5.80. The molecule has 1 heterocycles. The summed E-state index contributed by atoms with van der Waals surface area (Å²) in [6.07, 6.45) is -0.526. The van der Waals surface area contributed by atoms with Gasteiger partial charge in [0.1, 0.15) is 18.5 Å². The highest BCUT2D eigenvalue weighted by Gasteiger charge is 2.08. The molecule has 0 aliphatic rings. The minimum Gasteiger partial charge on any atom is -0.491 e. The van der Waals surface area contributed by atoms with E-state index in [0.717, 1.165) is 16.7 Å². The number of hydrogen-bond donors (Lipinski definition) is 2. The fourth-order valence-electron chi connectivity index (χ4n) is 1.75. The third-order valence-corrected chi connectivity index (χ3v) is 2.83. The first-order chi connectivity index (χ1) is 9.06. The summed E-state index contributed by atoms with van der Waals surface area (Å²) in [4.78, 5) is 0. The topological polar surface area (TPSA) is 67.5 Å². The van der Waals surface area contributed by atoms with Crippen LogP contribution in [-0.4, -0.2) is 35.6 Å². The zero-order valence-corrected chi connectivity index (χ0v) is 11.5. The predicted octanol–water partition coefficient (Wildman–Crippen LogP) is 1.87. The van der Waals surface area contributed by atoms with Gasteiger partial charge in [-0.3, -0.25) is 0 Å². The Morgan fingerprint density at radius 1 is 1.42 bits per heavy atom. The number of aromatic nitrogens is 1. The van der Waals surface area contributed by atoms with Gasteiger partial charge in [0.25, 0.3) is 0 Å². The molecule has 1 unspecified atom stereocenters. The average Bonchev–Trinajstić information content (AvgIpc) is 2.75. The SMILES string of the molecule is Cc1noc2ccc(OCC(O)CNC(C)C)cc12. The molecule has 1 aromatic heterocycles. The van der Waals surface area contributed by atoms with Crippen molar-refractivity contribution < 1.29 is 14.4 Å². The van der Waals surface area contributed by atoms with Gasteiger partial charge < -0.3 is 19.7 Å². The van der Waals surface area contributed by atoms with Crippen LogP contribution in [0.15, 0.2) is 22.7 Å². The van der Waals surface area contributed by atoms with E-state index < -0.39 is 6.10 Å². The first-order valence-electron chi connectivity index (χ1n) is 6.46. The number of nitrogens with one attached hydrogen (secondary N) is 1. The molecule has 0 fully saturated rings. The molecule has 0 bridgehead atoms. The first kappa shape index (κ1) is 13.8. The summed E-state index contributed by atoms with van der Waals surface area (Å²) < 4.78 is 10.7. The Morgan fingerprint density at radius 2 is 2.21 bits per heavy atom. The van der Waals surface area contributed by atoms with Crippen LogP contribution in [0.1, 0.15) is 19.5 Å². The summed E-state index contributed by atoms with van der Waals surface area (Å²) in [7, 11) is 0. The Bertz CT molecular complexity index is 536. The average molecular weight is 264 g/mol. The third-order valence-electron chi connectivity index (χ3n) is 2.83. The Balaban J connectivity index is 1.92. The standard InChI is InChI=1S/C14H20N2O3/c1-9(2)15-7-11(17)8-18-12-4-5-14-13(6-12)10(3)16-19-14/h4-6,9,11,15,17H,7-8H2,1-3H3. The van der Waals surface area contributed by atoms with Crippen LogP contribution in [0.3, 0.4) is 0 Å². The Morgan fingerprint density at radius 3 is 2.95 bits per heavy atom. The van der Waals surface area contributed by atoms with Gasteiger partial charge in [-0.15, -0.1) is 0 Å². The molecule has 2 rings (SSSR count).